The van der Waals surface area contributed by atoms with Crippen molar-refractivity contribution in [3.05, 3.63) is 35.4 Å². The van der Waals surface area contributed by atoms with E-state index in [0.29, 0.717) is 25.9 Å². The Bertz CT molecular complexity index is 521. The molecule has 1 aliphatic rings. The average Bonchev–Trinajstić information content (AvgIpc) is 2.48. The van der Waals surface area contributed by atoms with E-state index in [1.807, 2.05) is 24.3 Å². The third-order valence-electron chi connectivity index (χ3n) is 4.11. The molecule has 0 spiro atoms. The highest BCUT2D eigenvalue weighted by Gasteiger charge is 2.26. The van der Waals surface area contributed by atoms with Crippen molar-refractivity contribution in [3.63, 3.8) is 0 Å². The number of carboxylic acid groups (broad SMARTS) is 1. The zero-order valence-electron chi connectivity index (χ0n) is 12.9. The molecule has 0 unspecified atom stereocenters. The minimum atomic E-state index is -0.722. The summed E-state index contributed by atoms with van der Waals surface area (Å²) >= 11 is 0. The zero-order valence-corrected chi connectivity index (χ0v) is 12.9. The Kier molecular flexibility index (Phi) is 5.95. The summed E-state index contributed by atoms with van der Waals surface area (Å²) in [5.41, 5.74) is 2.01. The normalized spacial score (nSPS) is 21.3. The van der Waals surface area contributed by atoms with Gasteiger partial charge in [-0.3, -0.25) is 9.59 Å². The van der Waals surface area contributed by atoms with Gasteiger partial charge in [0.05, 0.1) is 18.9 Å². The summed E-state index contributed by atoms with van der Waals surface area (Å²) in [5.74, 6) is -0.980. The lowest BCUT2D eigenvalue weighted by molar-refractivity contribution is -0.142. The maximum Gasteiger partial charge on any atom is 0.306 e. The Hall–Kier alpha value is -1.88. The first-order chi connectivity index (χ1) is 10.6. The summed E-state index contributed by atoms with van der Waals surface area (Å²) in [6, 6.07) is 7.91. The average molecular weight is 305 g/mol. The number of carbonyl (C=O) groups is 2. The van der Waals surface area contributed by atoms with Crippen molar-refractivity contribution >= 4 is 11.9 Å². The number of aliphatic carboxylic acids is 1. The fraction of sp³-hybridized carbons (Fsp3) is 0.529. The quantitative estimate of drug-likeness (QED) is 0.844. The van der Waals surface area contributed by atoms with Gasteiger partial charge in [0, 0.05) is 13.2 Å². The molecule has 0 radical (unpaired) electrons. The lowest BCUT2D eigenvalue weighted by Crippen LogP contribution is -2.39. The molecule has 0 bridgehead atoms. The van der Waals surface area contributed by atoms with E-state index in [-0.39, 0.29) is 17.9 Å². The van der Waals surface area contributed by atoms with Gasteiger partial charge in [-0.2, -0.15) is 0 Å². The molecule has 0 aromatic heterocycles. The van der Waals surface area contributed by atoms with E-state index >= 15 is 0 Å². The highest BCUT2D eigenvalue weighted by Crippen LogP contribution is 2.24. The van der Waals surface area contributed by atoms with Crippen LogP contribution >= 0.6 is 0 Å². The Morgan fingerprint density at radius 2 is 1.91 bits per heavy atom. The third kappa shape index (κ3) is 4.84. The van der Waals surface area contributed by atoms with Crippen molar-refractivity contribution in [1.82, 2.24) is 5.32 Å². The van der Waals surface area contributed by atoms with E-state index in [4.69, 9.17) is 9.84 Å². The molecule has 1 amide bonds. The Morgan fingerprint density at radius 1 is 1.23 bits per heavy atom. The van der Waals surface area contributed by atoms with Crippen molar-refractivity contribution in [1.29, 1.82) is 0 Å². The molecule has 5 nitrogen and oxygen atoms in total. The number of carbonyl (C=O) groups excluding carboxylic acids is 1. The van der Waals surface area contributed by atoms with Gasteiger partial charge < -0.3 is 15.2 Å². The number of methoxy groups -OCH3 is 1. The Labute approximate surface area is 130 Å². The molecule has 1 fully saturated rings. The van der Waals surface area contributed by atoms with Gasteiger partial charge in [0.2, 0.25) is 5.91 Å². The lowest BCUT2D eigenvalue weighted by atomic mass is 9.86. The van der Waals surface area contributed by atoms with Crippen LogP contribution in [-0.4, -0.2) is 30.1 Å². The number of amides is 1. The van der Waals surface area contributed by atoms with Gasteiger partial charge in [0.25, 0.3) is 0 Å². The number of hydrogen-bond donors (Lipinski definition) is 2. The predicted octanol–water partition coefficient (Wildman–Crippen LogP) is 2.14. The van der Waals surface area contributed by atoms with Crippen molar-refractivity contribution in [3.8, 4) is 0 Å². The lowest BCUT2D eigenvalue weighted by Gasteiger charge is -2.26. The number of benzene rings is 1. The fourth-order valence-corrected chi connectivity index (χ4v) is 2.94. The summed E-state index contributed by atoms with van der Waals surface area (Å²) in [5, 5.41) is 12.0. The number of ether oxygens (including phenoxy) is 1. The molecule has 1 aromatic rings. The number of hydrogen-bond acceptors (Lipinski definition) is 3. The largest absolute Gasteiger partial charge is 0.481 e. The maximum absolute atomic E-state index is 12.1. The van der Waals surface area contributed by atoms with Crippen molar-refractivity contribution in [2.24, 2.45) is 5.92 Å². The van der Waals surface area contributed by atoms with Crippen LogP contribution < -0.4 is 5.32 Å². The maximum atomic E-state index is 12.1. The second kappa shape index (κ2) is 7.94. The molecule has 120 valence electrons. The predicted molar refractivity (Wildman–Crippen MR) is 82.4 cm³/mol. The van der Waals surface area contributed by atoms with Gasteiger partial charge in [-0.05, 0) is 36.8 Å². The molecule has 22 heavy (non-hydrogen) atoms. The summed E-state index contributed by atoms with van der Waals surface area (Å²) < 4.78 is 5.09. The zero-order chi connectivity index (χ0) is 15.9. The summed E-state index contributed by atoms with van der Waals surface area (Å²) in [7, 11) is 1.65. The summed E-state index contributed by atoms with van der Waals surface area (Å²) in [6.07, 6.45) is 3.11. The van der Waals surface area contributed by atoms with Gasteiger partial charge in [-0.15, -0.1) is 0 Å². The molecule has 1 saturated carbocycles. The first kappa shape index (κ1) is 16.5. The number of carboxylic acids is 1. The Balaban J connectivity index is 1.81. The van der Waals surface area contributed by atoms with Gasteiger partial charge in [-0.1, -0.05) is 24.3 Å². The van der Waals surface area contributed by atoms with E-state index in [0.717, 1.165) is 24.0 Å². The molecular weight excluding hydrogens is 282 g/mol. The molecule has 2 N–H and O–H groups in total. The van der Waals surface area contributed by atoms with Crippen LogP contribution in [0.2, 0.25) is 0 Å². The Morgan fingerprint density at radius 3 is 2.55 bits per heavy atom. The molecule has 0 saturated heterocycles. The summed E-state index contributed by atoms with van der Waals surface area (Å²) in [4.78, 5) is 23.0. The van der Waals surface area contributed by atoms with Crippen LogP contribution in [0, 0.1) is 5.92 Å². The van der Waals surface area contributed by atoms with E-state index in [2.05, 4.69) is 5.32 Å². The first-order valence-corrected chi connectivity index (χ1v) is 7.67. The standard InChI is InChI=1S/C17H23NO4/c1-22-11-13-4-2-3-12(9-13)10-16(19)18-15-7-5-14(6-8-15)17(20)21/h2-4,9,14-15H,5-8,10-11H2,1H3,(H,18,19)(H,20,21). The molecule has 0 heterocycles. The highest BCUT2D eigenvalue weighted by atomic mass is 16.5. The van der Waals surface area contributed by atoms with E-state index in [1.165, 1.54) is 0 Å². The van der Waals surface area contributed by atoms with Crippen LogP contribution in [0.1, 0.15) is 36.8 Å². The number of nitrogens with one attached hydrogen (secondary N) is 1. The smallest absolute Gasteiger partial charge is 0.306 e. The van der Waals surface area contributed by atoms with Gasteiger partial charge in [0.15, 0.2) is 0 Å². The van der Waals surface area contributed by atoms with Gasteiger partial charge in [-0.25, -0.2) is 0 Å². The van der Waals surface area contributed by atoms with Crippen molar-refractivity contribution < 1.29 is 19.4 Å². The minimum Gasteiger partial charge on any atom is -0.481 e. The van der Waals surface area contributed by atoms with Gasteiger partial charge in [0.1, 0.15) is 0 Å². The molecule has 1 aliphatic carbocycles. The fourth-order valence-electron chi connectivity index (χ4n) is 2.94. The summed E-state index contributed by atoms with van der Waals surface area (Å²) in [6.45, 7) is 0.536. The van der Waals surface area contributed by atoms with Gasteiger partial charge >= 0.3 is 5.97 Å². The van der Waals surface area contributed by atoms with E-state index in [9.17, 15) is 9.59 Å². The SMILES string of the molecule is COCc1cccc(CC(=O)NC2CCC(C(=O)O)CC2)c1. The van der Waals surface area contributed by atoms with Crippen LogP contribution in [0.5, 0.6) is 0 Å². The molecule has 0 aliphatic heterocycles. The van der Waals surface area contributed by atoms with E-state index < -0.39 is 5.97 Å². The van der Waals surface area contributed by atoms with Crippen LogP contribution in [0.4, 0.5) is 0 Å². The number of rotatable bonds is 6. The van der Waals surface area contributed by atoms with Crippen LogP contribution in [0.25, 0.3) is 0 Å². The second-order valence-electron chi connectivity index (χ2n) is 5.88. The van der Waals surface area contributed by atoms with Crippen LogP contribution in [0.3, 0.4) is 0 Å². The molecule has 0 atom stereocenters. The first-order valence-electron chi connectivity index (χ1n) is 7.67. The van der Waals surface area contributed by atoms with Crippen molar-refractivity contribution in [2.75, 3.05) is 7.11 Å². The molecule has 1 aromatic carbocycles. The third-order valence-corrected chi connectivity index (χ3v) is 4.11. The molecule has 5 heteroatoms. The molecule has 2 rings (SSSR count). The van der Waals surface area contributed by atoms with E-state index in [1.54, 1.807) is 7.11 Å². The van der Waals surface area contributed by atoms with Crippen LogP contribution in [0.15, 0.2) is 24.3 Å². The molecular formula is C17H23NO4. The second-order valence-corrected chi connectivity index (χ2v) is 5.88. The monoisotopic (exact) mass is 305 g/mol. The van der Waals surface area contributed by atoms with Crippen LogP contribution in [-0.2, 0) is 27.4 Å². The topological polar surface area (TPSA) is 75.6 Å². The van der Waals surface area contributed by atoms with Crippen molar-refractivity contribution in [2.45, 2.75) is 44.8 Å². The highest BCUT2D eigenvalue weighted by molar-refractivity contribution is 5.79. The minimum absolute atomic E-state index is 0.00616.